The molecule has 2 fully saturated rings. The zero-order valence-electron chi connectivity index (χ0n) is 11.3. The minimum Gasteiger partial charge on any atom is -0.380 e. The number of ether oxygens (including phenoxy) is 1. The number of amides is 1. The van der Waals surface area contributed by atoms with Crippen LogP contribution in [0.25, 0.3) is 0 Å². The van der Waals surface area contributed by atoms with Crippen molar-refractivity contribution in [3.63, 3.8) is 0 Å². The van der Waals surface area contributed by atoms with Crippen molar-refractivity contribution in [2.24, 2.45) is 0 Å². The van der Waals surface area contributed by atoms with Crippen LogP contribution >= 0.6 is 0 Å². The van der Waals surface area contributed by atoms with Crippen LogP contribution in [0.15, 0.2) is 0 Å². The molecule has 2 aliphatic rings. The Labute approximate surface area is 113 Å². The third kappa shape index (κ3) is 3.44. The number of carbonyl (C=O) groups excluding carboxylic acids is 1. The van der Waals surface area contributed by atoms with Crippen LogP contribution in [0.3, 0.4) is 0 Å². The topological polar surface area (TPSA) is 79.0 Å². The van der Waals surface area contributed by atoms with Crippen LogP contribution in [0, 0.1) is 0 Å². The molecule has 2 atom stereocenters. The lowest BCUT2D eigenvalue weighted by molar-refractivity contribution is -0.134. The van der Waals surface area contributed by atoms with Gasteiger partial charge in [0.15, 0.2) is 0 Å². The van der Waals surface area contributed by atoms with Gasteiger partial charge in [-0.25, -0.2) is 8.42 Å². The van der Waals surface area contributed by atoms with Crippen molar-refractivity contribution >= 4 is 15.9 Å². The van der Waals surface area contributed by atoms with Gasteiger partial charge in [-0.05, 0) is 6.42 Å². The van der Waals surface area contributed by atoms with Crippen LogP contribution in [-0.2, 0) is 19.6 Å². The SMILES string of the molecule is COC1CNC(C(=O)N2CCN(S(C)(=O)=O)CC2)C1. The fraction of sp³-hybridized carbons (Fsp3) is 0.909. The van der Waals surface area contributed by atoms with Gasteiger partial charge in [0.1, 0.15) is 0 Å². The molecule has 2 unspecified atom stereocenters. The molecule has 2 rings (SSSR count). The lowest BCUT2D eigenvalue weighted by Crippen LogP contribution is -2.53. The van der Waals surface area contributed by atoms with E-state index in [2.05, 4.69) is 5.32 Å². The smallest absolute Gasteiger partial charge is 0.239 e. The molecule has 7 nitrogen and oxygen atoms in total. The average molecular weight is 291 g/mol. The molecule has 19 heavy (non-hydrogen) atoms. The van der Waals surface area contributed by atoms with E-state index in [9.17, 15) is 13.2 Å². The summed E-state index contributed by atoms with van der Waals surface area (Å²) in [6.45, 7) is 2.37. The summed E-state index contributed by atoms with van der Waals surface area (Å²) in [7, 11) is -1.50. The maximum atomic E-state index is 12.3. The van der Waals surface area contributed by atoms with Crippen LogP contribution < -0.4 is 5.32 Å². The Morgan fingerprint density at radius 3 is 2.37 bits per heavy atom. The molecule has 1 amide bonds. The van der Waals surface area contributed by atoms with Crippen molar-refractivity contribution in [1.82, 2.24) is 14.5 Å². The molecular formula is C11H21N3O4S. The average Bonchev–Trinajstić information content (AvgIpc) is 2.86. The summed E-state index contributed by atoms with van der Waals surface area (Å²) < 4.78 is 29.4. The Morgan fingerprint density at radius 2 is 1.89 bits per heavy atom. The molecule has 0 aromatic rings. The number of methoxy groups -OCH3 is 1. The van der Waals surface area contributed by atoms with E-state index in [0.29, 0.717) is 39.1 Å². The first-order valence-corrected chi connectivity index (χ1v) is 8.26. The fourth-order valence-electron chi connectivity index (χ4n) is 2.53. The van der Waals surface area contributed by atoms with Gasteiger partial charge in [0.25, 0.3) is 0 Å². The van der Waals surface area contributed by atoms with Crippen LogP contribution in [-0.4, -0.2) is 81.8 Å². The highest BCUT2D eigenvalue weighted by molar-refractivity contribution is 7.88. The summed E-state index contributed by atoms with van der Waals surface area (Å²) in [4.78, 5) is 14.0. The highest BCUT2D eigenvalue weighted by atomic mass is 32.2. The van der Waals surface area contributed by atoms with Crippen LogP contribution in [0.1, 0.15) is 6.42 Å². The largest absolute Gasteiger partial charge is 0.380 e. The number of nitrogens with one attached hydrogen (secondary N) is 1. The first-order valence-electron chi connectivity index (χ1n) is 6.42. The van der Waals surface area contributed by atoms with Crippen molar-refractivity contribution in [3.8, 4) is 0 Å². The second-order valence-corrected chi connectivity index (χ2v) is 7.02. The number of hydrogen-bond acceptors (Lipinski definition) is 5. The molecule has 0 aliphatic carbocycles. The molecule has 0 spiro atoms. The Hall–Kier alpha value is -0.700. The van der Waals surface area contributed by atoms with Crippen LogP contribution in [0.2, 0.25) is 0 Å². The standard InChI is InChI=1S/C11H21N3O4S/c1-18-9-7-10(12-8-9)11(15)13-3-5-14(6-4-13)19(2,16)17/h9-10,12H,3-8H2,1-2H3. The normalized spacial score (nSPS) is 29.7. The van der Waals surface area contributed by atoms with E-state index in [1.54, 1.807) is 12.0 Å². The van der Waals surface area contributed by atoms with Crippen LogP contribution in [0.5, 0.6) is 0 Å². The van der Waals surface area contributed by atoms with Gasteiger partial charge in [-0.2, -0.15) is 4.31 Å². The fourth-order valence-corrected chi connectivity index (χ4v) is 3.36. The Balaban J connectivity index is 1.86. The van der Waals surface area contributed by atoms with E-state index in [0.717, 1.165) is 0 Å². The van der Waals surface area contributed by atoms with E-state index in [1.807, 2.05) is 0 Å². The van der Waals surface area contributed by atoms with Gasteiger partial charge in [-0.1, -0.05) is 0 Å². The molecule has 2 heterocycles. The van der Waals surface area contributed by atoms with Gasteiger partial charge in [0, 0.05) is 39.8 Å². The Morgan fingerprint density at radius 1 is 1.26 bits per heavy atom. The lowest BCUT2D eigenvalue weighted by Gasteiger charge is -2.34. The van der Waals surface area contributed by atoms with Crippen molar-refractivity contribution in [2.45, 2.75) is 18.6 Å². The molecule has 0 aromatic carbocycles. The van der Waals surface area contributed by atoms with E-state index < -0.39 is 10.0 Å². The lowest BCUT2D eigenvalue weighted by atomic mass is 10.1. The van der Waals surface area contributed by atoms with Crippen molar-refractivity contribution in [2.75, 3.05) is 46.1 Å². The first-order chi connectivity index (χ1) is 8.91. The maximum Gasteiger partial charge on any atom is 0.239 e. The van der Waals surface area contributed by atoms with Gasteiger partial charge in [0.2, 0.25) is 15.9 Å². The highest BCUT2D eigenvalue weighted by Crippen LogP contribution is 2.14. The molecule has 0 bridgehead atoms. The highest BCUT2D eigenvalue weighted by Gasteiger charge is 2.34. The molecule has 8 heteroatoms. The number of nitrogens with zero attached hydrogens (tertiary/aromatic N) is 2. The van der Waals surface area contributed by atoms with E-state index in [1.165, 1.54) is 10.6 Å². The molecule has 0 radical (unpaired) electrons. The summed E-state index contributed by atoms with van der Waals surface area (Å²) in [6, 6.07) is -0.199. The Kier molecular flexibility index (Phi) is 4.44. The monoisotopic (exact) mass is 291 g/mol. The number of piperazine rings is 1. The molecule has 110 valence electrons. The molecule has 2 saturated heterocycles. The number of rotatable bonds is 3. The summed E-state index contributed by atoms with van der Waals surface area (Å²) in [5.74, 6) is 0.0488. The quantitative estimate of drug-likeness (QED) is 0.682. The zero-order valence-corrected chi connectivity index (χ0v) is 12.1. The number of carbonyl (C=O) groups is 1. The molecular weight excluding hydrogens is 270 g/mol. The molecule has 0 aromatic heterocycles. The summed E-state index contributed by atoms with van der Waals surface area (Å²) in [5, 5.41) is 3.15. The molecule has 2 aliphatic heterocycles. The Bertz CT molecular complexity index is 431. The van der Waals surface area contributed by atoms with Gasteiger partial charge in [-0.15, -0.1) is 0 Å². The summed E-state index contributed by atoms with van der Waals surface area (Å²) in [6.07, 6.45) is 1.97. The van der Waals surface area contributed by atoms with E-state index >= 15 is 0 Å². The van der Waals surface area contributed by atoms with E-state index in [4.69, 9.17) is 4.74 Å². The first kappa shape index (κ1) is 14.7. The van der Waals surface area contributed by atoms with Crippen molar-refractivity contribution < 1.29 is 17.9 Å². The van der Waals surface area contributed by atoms with Gasteiger partial charge in [0.05, 0.1) is 18.4 Å². The minimum atomic E-state index is -3.15. The summed E-state index contributed by atoms with van der Waals surface area (Å²) in [5.41, 5.74) is 0. The van der Waals surface area contributed by atoms with Gasteiger partial charge in [-0.3, -0.25) is 4.79 Å². The van der Waals surface area contributed by atoms with Crippen molar-refractivity contribution in [3.05, 3.63) is 0 Å². The maximum absolute atomic E-state index is 12.3. The van der Waals surface area contributed by atoms with E-state index in [-0.39, 0.29) is 18.1 Å². The second-order valence-electron chi connectivity index (χ2n) is 5.04. The van der Waals surface area contributed by atoms with Crippen LogP contribution in [0.4, 0.5) is 0 Å². The molecule has 0 saturated carbocycles. The third-order valence-corrected chi connectivity index (χ3v) is 5.04. The summed E-state index contributed by atoms with van der Waals surface area (Å²) >= 11 is 0. The predicted molar refractivity (Wildman–Crippen MR) is 70.2 cm³/mol. The van der Waals surface area contributed by atoms with Crippen molar-refractivity contribution in [1.29, 1.82) is 0 Å². The molecule has 1 N–H and O–H groups in total. The third-order valence-electron chi connectivity index (χ3n) is 3.74. The van der Waals surface area contributed by atoms with Gasteiger partial charge >= 0.3 is 0 Å². The number of hydrogen-bond donors (Lipinski definition) is 1. The second kappa shape index (κ2) is 5.74. The number of sulfonamides is 1. The zero-order chi connectivity index (χ0) is 14.0. The predicted octanol–water partition coefficient (Wildman–Crippen LogP) is -1.53. The van der Waals surface area contributed by atoms with Gasteiger partial charge < -0.3 is 15.0 Å². The minimum absolute atomic E-state index is 0.0488.